The van der Waals surface area contributed by atoms with E-state index < -0.39 is 0 Å². The summed E-state index contributed by atoms with van der Waals surface area (Å²) in [6, 6.07) is 27.3. The molecular formula is C25H20ClN5O2S. The molecule has 5 aromatic rings. The van der Waals surface area contributed by atoms with Crippen molar-refractivity contribution in [3.05, 3.63) is 113 Å². The SMILES string of the molecule is Clc1ccccc1OCc1nnc(SCc2nc(Cc3ccccc3)no2)n1-c1ccccc1. The molecule has 0 unspecified atom stereocenters. The highest BCUT2D eigenvalue weighted by Gasteiger charge is 2.17. The van der Waals surface area contributed by atoms with Crippen LogP contribution in [0.2, 0.25) is 5.02 Å². The lowest BCUT2D eigenvalue weighted by atomic mass is 10.1. The summed E-state index contributed by atoms with van der Waals surface area (Å²) in [5, 5.41) is 14.1. The summed E-state index contributed by atoms with van der Waals surface area (Å²) in [6.07, 6.45) is 0.624. The Bertz CT molecular complexity index is 1360. The molecule has 5 rings (SSSR count). The Morgan fingerprint density at radius 1 is 0.882 bits per heavy atom. The topological polar surface area (TPSA) is 78.9 Å². The predicted octanol–water partition coefficient (Wildman–Crippen LogP) is 5.77. The maximum absolute atomic E-state index is 6.23. The Hall–Kier alpha value is -3.62. The van der Waals surface area contributed by atoms with Gasteiger partial charge in [-0.25, -0.2) is 0 Å². The third kappa shape index (κ3) is 5.30. The monoisotopic (exact) mass is 489 g/mol. The Kier molecular flexibility index (Phi) is 6.88. The van der Waals surface area contributed by atoms with Crippen LogP contribution >= 0.6 is 23.4 Å². The van der Waals surface area contributed by atoms with Gasteiger partial charge >= 0.3 is 0 Å². The number of benzene rings is 3. The van der Waals surface area contributed by atoms with Crippen molar-refractivity contribution in [2.75, 3.05) is 0 Å². The molecule has 0 bridgehead atoms. The average molecular weight is 490 g/mol. The van der Waals surface area contributed by atoms with Crippen molar-refractivity contribution < 1.29 is 9.26 Å². The molecule has 0 aliphatic rings. The molecule has 170 valence electrons. The predicted molar refractivity (Wildman–Crippen MR) is 130 cm³/mol. The lowest BCUT2D eigenvalue weighted by Gasteiger charge is -2.11. The molecule has 0 N–H and O–H groups in total. The molecule has 0 fully saturated rings. The summed E-state index contributed by atoms with van der Waals surface area (Å²) >= 11 is 7.70. The maximum Gasteiger partial charge on any atom is 0.237 e. The van der Waals surface area contributed by atoms with Crippen LogP contribution in [0.15, 0.2) is 94.6 Å². The molecule has 34 heavy (non-hydrogen) atoms. The number of ether oxygens (including phenoxy) is 1. The van der Waals surface area contributed by atoms with Crippen molar-refractivity contribution in [2.24, 2.45) is 0 Å². The number of hydrogen-bond acceptors (Lipinski definition) is 7. The smallest absolute Gasteiger partial charge is 0.237 e. The Morgan fingerprint density at radius 2 is 1.62 bits per heavy atom. The third-order valence-corrected chi connectivity index (χ3v) is 6.17. The van der Waals surface area contributed by atoms with Gasteiger partial charge in [-0.3, -0.25) is 4.57 Å². The van der Waals surface area contributed by atoms with Crippen molar-refractivity contribution in [1.29, 1.82) is 0 Å². The summed E-state index contributed by atoms with van der Waals surface area (Å²) in [7, 11) is 0. The number of para-hydroxylation sites is 2. The van der Waals surface area contributed by atoms with Crippen molar-refractivity contribution in [2.45, 2.75) is 23.9 Å². The zero-order valence-electron chi connectivity index (χ0n) is 18.0. The van der Waals surface area contributed by atoms with E-state index in [1.807, 2.05) is 83.4 Å². The lowest BCUT2D eigenvalue weighted by molar-refractivity contribution is 0.293. The Balaban J connectivity index is 1.32. The molecule has 0 aliphatic carbocycles. The van der Waals surface area contributed by atoms with Gasteiger partial charge in [0, 0.05) is 12.1 Å². The molecular weight excluding hydrogens is 470 g/mol. The first kappa shape index (κ1) is 22.2. The molecule has 0 saturated carbocycles. The molecule has 2 heterocycles. The molecule has 0 radical (unpaired) electrons. The van der Waals surface area contributed by atoms with E-state index in [4.69, 9.17) is 20.9 Å². The minimum absolute atomic E-state index is 0.216. The highest BCUT2D eigenvalue weighted by Crippen LogP contribution is 2.27. The van der Waals surface area contributed by atoms with Gasteiger partial charge < -0.3 is 9.26 Å². The van der Waals surface area contributed by atoms with Gasteiger partial charge in [-0.2, -0.15) is 4.98 Å². The molecule has 7 nitrogen and oxygen atoms in total. The van der Waals surface area contributed by atoms with Gasteiger partial charge in [-0.05, 0) is 29.8 Å². The fourth-order valence-corrected chi connectivity index (χ4v) is 4.35. The third-order valence-electron chi connectivity index (χ3n) is 4.95. The molecule has 0 atom stereocenters. The van der Waals surface area contributed by atoms with Crippen molar-refractivity contribution in [3.63, 3.8) is 0 Å². The van der Waals surface area contributed by atoms with Gasteiger partial charge in [-0.15, -0.1) is 10.2 Å². The van der Waals surface area contributed by atoms with Crippen molar-refractivity contribution >= 4 is 23.4 Å². The van der Waals surface area contributed by atoms with Crippen LogP contribution in [0.1, 0.15) is 23.1 Å². The zero-order valence-corrected chi connectivity index (χ0v) is 19.6. The molecule has 0 amide bonds. The highest BCUT2D eigenvalue weighted by atomic mass is 35.5. The van der Waals surface area contributed by atoms with E-state index in [0.29, 0.717) is 45.6 Å². The largest absolute Gasteiger partial charge is 0.484 e. The van der Waals surface area contributed by atoms with Crippen LogP contribution in [-0.4, -0.2) is 24.9 Å². The van der Waals surface area contributed by atoms with Crippen LogP contribution in [0.5, 0.6) is 5.75 Å². The normalized spacial score (nSPS) is 11.0. The number of nitrogens with zero attached hydrogens (tertiary/aromatic N) is 5. The van der Waals surface area contributed by atoms with Crippen molar-refractivity contribution in [1.82, 2.24) is 24.9 Å². The fraction of sp³-hybridized carbons (Fsp3) is 0.120. The van der Waals surface area contributed by atoms with E-state index in [1.165, 1.54) is 11.8 Å². The second-order valence-electron chi connectivity index (χ2n) is 7.34. The van der Waals surface area contributed by atoms with Crippen molar-refractivity contribution in [3.8, 4) is 11.4 Å². The minimum Gasteiger partial charge on any atom is -0.484 e. The first-order chi connectivity index (χ1) is 16.8. The van der Waals surface area contributed by atoms with Crippen LogP contribution in [0, 0.1) is 0 Å². The number of halogens is 1. The van der Waals surface area contributed by atoms with Gasteiger partial charge in [0.15, 0.2) is 16.8 Å². The van der Waals surface area contributed by atoms with Gasteiger partial charge in [0.1, 0.15) is 12.4 Å². The zero-order chi connectivity index (χ0) is 23.2. The van der Waals surface area contributed by atoms with E-state index >= 15 is 0 Å². The molecule has 0 spiro atoms. The minimum atomic E-state index is 0.216. The van der Waals surface area contributed by atoms with Crippen LogP contribution in [0.4, 0.5) is 0 Å². The van der Waals surface area contributed by atoms with Crippen LogP contribution in [-0.2, 0) is 18.8 Å². The van der Waals surface area contributed by atoms with E-state index in [1.54, 1.807) is 6.07 Å². The molecule has 0 saturated heterocycles. The average Bonchev–Trinajstić information content (AvgIpc) is 3.50. The summed E-state index contributed by atoms with van der Waals surface area (Å²) in [5.74, 6) is 2.91. The quantitative estimate of drug-likeness (QED) is 0.243. The molecule has 0 aliphatic heterocycles. The second-order valence-corrected chi connectivity index (χ2v) is 8.69. The number of thioether (sulfide) groups is 1. The summed E-state index contributed by atoms with van der Waals surface area (Å²) in [6.45, 7) is 0.216. The van der Waals surface area contributed by atoms with Crippen LogP contribution < -0.4 is 4.74 Å². The van der Waals surface area contributed by atoms with E-state index in [0.717, 1.165) is 11.3 Å². The first-order valence-electron chi connectivity index (χ1n) is 10.6. The number of aromatic nitrogens is 5. The van der Waals surface area contributed by atoms with Gasteiger partial charge in [-0.1, -0.05) is 89.2 Å². The van der Waals surface area contributed by atoms with Gasteiger partial charge in [0.2, 0.25) is 5.89 Å². The van der Waals surface area contributed by atoms with Crippen LogP contribution in [0.3, 0.4) is 0 Å². The fourth-order valence-electron chi connectivity index (χ4n) is 3.35. The van der Waals surface area contributed by atoms with Crippen LogP contribution in [0.25, 0.3) is 5.69 Å². The summed E-state index contributed by atoms with van der Waals surface area (Å²) in [4.78, 5) is 4.52. The number of rotatable bonds is 9. The summed E-state index contributed by atoms with van der Waals surface area (Å²) in [5.41, 5.74) is 2.07. The Morgan fingerprint density at radius 3 is 2.41 bits per heavy atom. The van der Waals surface area contributed by atoms with E-state index in [9.17, 15) is 0 Å². The lowest BCUT2D eigenvalue weighted by Crippen LogP contribution is -2.06. The van der Waals surface area contributed by atoms with Gasteiger partial charge in [0.05, 0.1) is 10.8 Å². The second kappa shape index (κ2) is 10.5. The number of hydrogen-bond donors (Lipinski definition) is 0. The Labute approximate surface area is 205 Å². The highest BCUT2D eigenvalue weighted by molar-refractivity contribution is 7.98. The van der Waals surface area contributed by atoms with Gasteiger partial charge in [0.25, 0.3) is 0 Å². The summed E-state index contributed by atoms with van der Waals surface area (Å²) < 4.78 is 13.3. The standard InChI is InChI=1S/C25H20ClN5O2S/c26-20-13-7-8-14-21(20)32-16-23-28-29-25(31(23)19-11-5-2-6-12-19)34-17-24-27-22(30-33-24)15-18-9-3-1-4-10-18/h1-14H,15-17H2. The molecule has 2 aromatic heterocycles. The van der Waals surface area contributed by atoms with E-state index in [-0.39, 0.29) is 6.61 Å². The van der Waals surface area contributed by atoms with E-state index in [2.05, 4.69) is 20.3 Å². The molecule has 3 aromatic carbocycles. The maximum atomic E-state index is 6.23. The molecule has 9 heteroatoms. The first-order valence-corrected chi connectivity index (χ1v) is 12.0.